The Morgan fingerprint density at radius 1 is 1.00 bits per heavy atom. The van der Waals surface area contributed by atoms with Crippen LogP contribution < -0.4 is 5.32 Å². The molecule has 3 aromatic rings. The van der Waals surface area contributed by atoms with Crippen LogP contribution in [0.1, 0.15) is 18.1 Å². The molecule has 140 valence electrons. The SMILES string of the molecule is C=C1NC(=O)C(Cc2c(O)ccc3ccccc23)=C(c2ccccc2)N1CC. The van der Waals surface area contributed by atoms with Gasteiger partial charge in [0.15, 0.2) is 0 Å². The minimum Gasteiger partial charge on any atom is -0.508 e. The standard InChI is InChI=1S/C24H22N2O2/c1-3-26-16(2)25-24(28)21(23(26)18-10-5-4-6-11-18)15-20-19-12-8-7-9-17(19)13-14-22(20)27/h4-14,27H,2-3,15H2,1H3,(H,25,28). The van der Waals surface area contributed by atoms with Crippen molar-refractivity contribution in [1.29, 1.82) is 0 Å². The number of phenolic OH excluding ortho intramolecular Hbond substituents is 1. The molecule has 0 radical (unpaired) electrons. The van der Waals surface area contributed by atoms with Crippen molar-refractivity contribution < 1.29 is 9.90 Å². The number of aromatic hydroxyl groups is 1. The highest BCUT2D eigenvalue weighted by atomic mass is 16.3. The van der Waals surface area contributed by atoms with Crippen LogP contribution >= 0.6 is 0 Å². The molecule has 0 saturated carbocycles. The number of hydrogen-bond acceptors (Lipinski definition) is 3. The molecule has 4 nitrogen and oxygen atoms in total. The number of benzene rings is 3. The van der Waals surface area contributed by atoms with E-state index in [9.17, 15) is 9.90 Å². The second-order valence-corrected chi connectivity index (χ2v) is 6.80. The van der Waals surface area contributed by atoms with E-state index in [1.807, 2.05) is 72.5 Å². The van der Waals surface area contributed by atoms with Crippen LogP contribution in [0, 0.1) is 0 Å². The first-order valence-corrected chi connectivity index (χ1v) is 9.36. The van der Waals surface area contributed by atoms with Crippen LogP contribution in [-0.4, -0.2) is 22.5 Å². The van der Waals surface area contributed by atoms with Gasteiger partial charge in [0.25, 0.3) is 5.91 Å². The van der Waals surface area contributed by atoms with Crippen molar-refractivity contribution in [1.82, 2.24) is 10.2 Å². The van der Waals surface area contributed by atoms with Crippen LogP contribution in [0.3, 0.4) is 0 Å². The van der Waals surface area contributed by atoms with E-state index in [4.69, 9.17) is 0 Å². The zero-order valence-corrected chi connectivity index (χ0v) is 15.8. The number of rotatable bonds is 4. The van der Waals surface area contributed by atoms with Crippen molar-refractivity contribution in [2.45, 2.75) is 13.3 Å². The number of nitrogens with zero attached hydrogens (tertiary/aromatic N) is 1. The van der Waals surface area contributed by atoms with Gasteiger partial charge in [-0.1, -0.05) is 67.2 Å². The van der Waals surface area contributed by atoms with E-state index in [1.54, 1.807) is 6.07 Å². The summed E-state index contributed by atoms with van der Waals surface area (Å²) in [5.74, 6) is 0.581. The monoisotopic (exact) mass is 370 g/mol. The molecule has 1 heterocycles. The molecule has 2 N–H and O–H groups in total. The summed E-state index contributed by atoms with van der Waals surface area (Å²) in [6, 6.07) is 21.3. The lowest BCUT2D eigenvalue weighted by Crippen LogP contribution is -2.41. The number of amides is 1. The van der Waals surface area contributed by atoms with Crippen LogP contribution in [0.2, 0.25) is 0 Å². The Morgan fingerprint density at radius 2 is 1.71 bits per heavy atom. The first kappa shape index (κ1) is 17.9. The third-order valence-corrected chi connectivity index (χ3v) is 5.15. The van der Waals surface area contributed by atoms with Crippen molar-refractivity contribution in [3.63, 3.8) is 0 Å². The maximum absolute atomic E-state index is 13.0. The van der Waals surface area contributed by atoms with Crippen LogP contribution in [0.5, 0.6) is 5.75 Å². The minimum absolute atomic E-state index is 0.180. The molecule has 0 unspecified atom stereocenters. The van der Waals surface area contributed by atoms with Gasteiger partial charge in [-0.3, -0.25) is 4.79 Å². The molecule has 0 atom stereocenters. The highest BCUT2D eigenvalue weighted by Crippen LogP contribution is 2.35. The molecule has 0 aromatic heterocycles. The predicted molar refractivity (Wildman–Crippen MR) is 112 cm³/mol. The van der Waals surface area contributed by atoms with Crippen molar-refractivity contribution >= 4 is 22.4 Å². The summed E-state index contributed by atoms with van der Waals surface area (Å²) in [6.45, 7) is 6.71. The number of carbonyl (C=O) groups is 1. The van der Waals surface area contributed by atoms with Gasteiger partial charge >= 0.3 is 0 Å². The Kier molecular flexibility index (Phi) is 4.62. The van der Waals surface area contributed by atoms with Crippen molar-refractivity contribution in [2.75, 3.05) is 6.54 Å². The van der Waals surface area contributed by atoms with Crippen LogP contribution in [0.15, 0.2) is 84.7 Å². The third kappa shape index (κ3) is 3.03. The van der Waals surface area contributed by atoms with E-state index >= 15 is 0 Å². The van der Waals surface area contributed by atoms with Gasteiger partial charge in [-0.2, -0.15) is 0 Å². The first-order valence-electron chi connectivity index (χ1n) is 9.36. The normalized spacial score (nSPS) is 14.5. The third-order valence-electron chi connectivity index (χ3n) is 5.15. The summed E-state index contributed by atoms with van der Waals surface area (Å²) in [7, 11) is 0. The molecule has 0 aliphatic carbocycles. The number of nitrogens with one attached hydrogen (secondary N) is 1. The second-order valence-electron chi connectivity index (χ2n) is 6.80. The highest BCUT2D eigenvalue weighted by Gasteiger charge is 2.29. The van der Waals surface area contributed by atoms with Gasteiger partial charge in [0.2, 0.25) is 0 Å². The van der Waals surface area contributed by atoms with Crippen molar-refractivity contribution in [3.8, 4) is 5.75 Å². The van der Waals surface area contributed by atoms with Crippen molar-refractivity contribution in [3.05, 3.63) is 95.8 Å². The summed E-state index contributed by atoms with van der Waals surface area (Å²) in [4.78, 5) is 15.0. The molecule has 28 heavy (non-hydrogen) atoms. The summed E-state index contributed by atoms with van der Waals surface area (Å²) in [6.07, 6.45) is 0.326. The molecule has 3 aromatic carbocycles. The molecular formula is C24H22N2O2. The average Bonchev–Trinajstić information content (AvgIpc) is 2.72. The fourth-order valence-electron chi connectivity index (χ4n) is 3.81. The molecule has 1 aliphatic rings. The quantitative estimate of drug-likeness (QED) is 0.715. The highest BCUT2D eigenvalue weighted by molar-refractivity contribution is 6.05. The van der Waals surface area contributed by atoms with Gasteiger partial charge in [-0.25, -0.2) is 0 Å². The average molecular weight is 370 g/mol. The van der Waals surface area contributed by atoms with Gasteiger partial charge in [0.1, 0.15) is 11.6 Å². The van der Waals surface area contributed by atoms with Crippen LogP contribution in [-0.2, 0) is 11.2 Å². The fourth-order valence-corrected chi connectivity index (χ4v) is 3.81. The Labute approximate surface area is 164 Å². The van der Waals surface area contributed by atoms with Gasteiger partial charge in [0.05, 0.1) is 5.70 Å². The van der Waals surface area contributed by atoms with E-state index in [-0.39, 0.29) is 11.7 Å². The second kappa shape index (κ2) is 7.24. The zero-order chi connectivity index (χ0) is 19.7. The number of phenols is 1. The molecule has 4 rings (SSSR count). The van der Waals surface area contributed by atoms with Gasteiger partial charge in [-0.05, 0) is 29.3 Å². The summed E-state index contributed by atoms with van der Waals surface area (Å²) in [5.41, 5.74) is 3.16. The fraction of sp³-hybridized carbons (Fsp3) is 0.125. The molecule has 0 spiro atoms. The Balaban J connectivity index is 1.94. The molecule has 1 amide bonds. The number of fused-ring (bicyclic) bond motifs is 1. The molecular weight excluding hydrogens is 348 g/mol. The maximum Gasteiger partial charge on any atom is 0.255 e. The Morgan fingerprint density at radius 3 is 2.46 bits per heavy atom. The van der Waals surface area contributed by atoms with Crippen molar-refractivity contribution in [2.24, 2.45) is 0 Å². The summed E-state index contributed by atoms with van der Waals surface area (Å²) >= 11 is 0. The number of carbonyl (C=O) groups excluding carboxylic acids is 1. The smallest absolute Gasteiger partial charge is 0.255 e. The van der Waals surface area contributed by atoms with Gasteiger partial charge in [-0.15, -0.1) is 0 Å². The molecule has 4 heteroatoms. The maximum atomic E-state index is 13.0. The summed E-state index contributed by atoms with van der Waals surface area (Å²) < 4.78 is 0. The Hall–Kier alpha value is -3.53. The largest absolute Gasteiger partial charge is 0.508 e. The minimum atomic E-state index is -0.180. The van der Waals surface area contributed by atoms with E-state index in [1.165, 1.54) is 0 Å². The lowest BCUT2D eigenvalue weighted by molar-refractivity contribution is -0.117. The van der Waals surface area contributed by atoms with E-state index in [0.29, 0.717) is 24.4 Å². The van der Waals surface area contributed by atoms with E-state index in [2.05, 4.69) is 11.9 Å². The van der Waals surface area contributed by atoms with Crippen LogP contribution in [0.25, 0.3) is 16.5 Å². The van der Waals surface area contributed by atoms with E-state index < -0.39 is 0 Å². The molecule has 0 saturated heterocycles. The number of hydrogen-bond donors (Lipinski definition) is 2. The molecule has 1 aliphatic heterocycles. The lowest BCUT2D eigenvalue weighted by Gasteiger charge is -2.35. The molecule has 0 fully saturated rings. The van der Waals surface area contributed by atoms with Gasteiger partial charge < -0.3 is 15.3 Å². The zero-order valence-electron chi connectivity index (χ0n) is 15.8. The predicted octanol–water partition coefficient (Wildman–Crippen LogP) is 4.42. The lowest BCUT2D eigenvalue weighted by atomic mass is 9.93. The summed E-state index contributed by atoms with van der Waals surface area (Å²) in [5, 5.41) is 15.4. The van der Waals surface area contributed by atoms with E-state index in [0.717, 1.165) is 27.6 Å². The topological polar surface area (TPSA) is 52.6 Å². The van der Waals surface area contributed by atoms with Crippen LogP contribution in [0.4, 0.5) is 0 Å². The molecule has 0 bridgehead atoms. The Bertz CT molecular complexity index is 1100. The first-order chi connectivity index (χ1) is 13.6. The van der Waals surface area contributed by atoms with Gasteiger partial charge in [0, 0.05) is 24.1 Å².